The largest absolute Gasteiger partial charge is 0.380 e. The number of hydrogen-bond acceptors (Lipinski definition) is 3. The van der Waals surface area contributed by atoms with Crippen molar-refractivity contribution in [2.75, 3.05) is 32.1 Å². The predicted molar refractivity (Wildman–Crippen MR) is 79.2 cm³/mol. The van der Waals surface area contributed by atoms with Crippen LogP contribution in [0.5, 0.6) is 0 Å². The van der Waals surface area contributed by atoms with Crippen LogP contribution >= 0.6 is 15.9 Å². The highest BCUT2D eigenvalue weighted by Gasteiger charge is 2.22. The fraction of sp³-hybridized carbons (Fsp3) is 0.571. The summed E-state index contributed by atoms with van der Waals surface area (Å²) in [5, 5.41) is 3.26. The molecule has 0 saturated carbocycles. The van der Waals surface area contributed by atoms with Crippen LogP contribution in [0.25, 0.3) is 0 Å². The van der Waals surface area contributed by atoms with Gasteiger partial charge in [-0.3, -0.25) is 0 Å². The lowest BCUT2D eigenvalue weighted by molar-refractivity contribution is 0.121. The van der Waals surface area contributed by atoms with Crippen molar-refractivity contribution in [1.82, 2.24) is 5.32 Å². The van der Waals surface area contributed by atoms with E-state index >= 15 is 0 Å². The number of benzene rings is 1. The SMILES string of the molecule is CNC(C)c1ccc(N2CCC(OC)C2)cc1Br. The lowest BCUT2D eigenvalue weighted by Gasteiger charge is -2.21. The average molecular weight is 313 g/mol. The van der Waals surface area contributed by atoms with Crippen molar-refractivity contribution in [2.45, 2.75) is 25.5 Å². The smallest absolute Gasteiger partial charge is 0.0762 e. The highest BCUT2D eigenvalue weighted by molar-refractivity contribution is 9.10. The van der Waals surface area contributed by atoms with Crippen LogP contribution < -0.4 is 10.2 Å². The van der Waals surface area contributed by atoms with Crippen molar-refractivity contribution < 1.29 is 4.74 Å². The van der Waals surface area contributed by atoms with Gasteiger partial charge >= 0.3 is 0 Å². The van der Waals surface area contributed by atoms with Crippen molar-refractivity contribution in [3.8, 4) is 0 Å². The monoisotopic (exact) mass is 312 g/mol. The number of ether oxygens (including phenoxy) is 1. The fourth-order valence-corrected chi connectivity index (χ4v) is 3.08. The Morgan fingerprint density at radius 2 is 2.28 bits per heavy atom. The Bertz CT molecular complexity index is 411. The van der Waals surface area contributed by atoms with E-state index in [1.165, 1.54) is 15.7 Å². The minimum Gasteiger partial charge on any atom is -0.380 e. The maximum atomic E-state index is 5.41. The van der Waals surface area contributed by atoms with E-state index in [9.17, 15) is 0 Å². The summed E-state index contributed by atoms with van der Waals surface area (Å²) in [5.74, 6) is 0. The summed E-state index contributed by atoms with van der Waals surface area (Å²) in [7, 11) is 3.77. The van der Waals surface area contributed by atoms with Gasteiger partial charge < -0.3 is 15.0 Å². The summed E-state index contributed by atoms with van der Waals surface area (Å²) in [6.45, 7) is 4.23. The maximum absolute atomic E-state index is 5.41. The average Bonchev–Trinajstić information content (AvgIpc) is 2.86. The minimum atomic E-state index is 0.360. The third-order valence-corrected chi connectivity index (χ3v) is 4.41. The van der Waals surface area contributed by atoms with Gasteiger partial charge in [0.1, 0.15) is 0 Å². The lowest BCUT2D eigenvalue weighted by atomic mass is 10.1. The van der Waals surface area contributed by atoms with E-state index in [2.05, 4.69) is 51.3 Å². The molecule has 2 unspecified atom stereocenters. The molecule has 1 heterocycles. The Hall–Kier alpha value is -0.580. The molecule has 0 aliphatic carbocycles. The van der Waals surface area contributed by atoms with Gasteiger partial charge in [0.15, 0.2) is 0 Å². The summed E-state index contributed by atoms with van der Waals surface area (Å²) in [5.41, 5.74) is 2.57. The minimum absolute atomic E-state index is 0.360. The molecule has 2 atom stereocenters. The zero-order valence-electron chi connectivity index (χ0n) is 11.2. The number of methoxy groups -OCH3 is 1. The van der Waals surface area contributed by atoms with E-state index in [1.54, 1.807) is 7.11 Å². The van der Waals surface area contributed by atoms with E-state index < -0.39 is 0 Å². The second kappa shape index (κ2) is 6.04. The summed E-state index contributed by atoms with van der Waals surface area (Å²) in [6.07, 6.45) is 1.49. The number of nitrogens with one attached hydrogen (secondary N) is 1. The molecule has 1 saturated heterocycles. The number of anilines is 1. The third-order valence-electron chi connectivity index (χ3n) is 3.73. The quantitative estimate of drug-likeness (QED) is 0.925. The first-order valence-corrected chi connectivity index (χ1v) is 7.19. The van der Waals surface area contributed by atoms with Gasteiger partial charge in [0.25, 0.3) is 0 Å². The Balaban J connectivity index is 2.14. The molecule has 1 aromatic rings. The summed E-state index contributed by atoms with van der Waals surface area (Å²) in [4.78, 5) is 2.38. The van der Waals surface area contributed by atoms with Crippen molar-refractivity contribution in [1.29, 1.82) is 0 Å². The molecule has 0 spiro atoms. The Kier molecular flexibility index (Phi) is 4.65. The van der Waals surface area contributed by atoms with Crippen LogP contribution in [0.4, 0.5) is 5.69 Å². The van der Waals surface area contributed by atoms with E-state index in [-0.39, 0.29) is 0 Å². The van der Waals surface area contributed by atoms with Crippen molar-refractivity contribution >= 4 is 21.6 Å². The van der Waals surface area contributed by atoms with Gasteiger partial charge in [-0.2, -0.15) is 0 Å². The molecule has 0 radical (unpaired) electrons. The normalized spacial score (nSPS) is 21.3. The maximum Gasteiger partial charge on any atom is 0.0762 e. The Morgan fingerprint density at radius 3 is 2.83 bits per heavy atom. The molecule has 3 nitrogen and oxygen atoms in total. The standard InChI is InChI=1S/C14H21BrN2O/c1-10(16-2)13-5-4-11(8-14(13)15)17-7-6-12(9-17)18-3/h4-5,8,10,12,16H,6-7,9H2,1-3H3. The molecular formula is C14H21BrN2O. The highest BCUT2D eigenvalue weighted by atomic mass is 79.9. The molecule has 2 rings (SSSR count). The lowest BCUT2D eigenvalue weighted by Crippen LogP contribution is -2.22. The first kappa shape index (κ1) is 13.8. The van der Waals surface area contributed by atoms with Crippen LogP contribution in [0.3, 0.4) is 0 Å². The molecule has 1 aromatic carbocycles. The summed E-state index contributed by atoms with van der Waals surface area (Å²) < 4.78 is 6.58. The molecule has 4 heteroatoms. The first-order chi connectivity index (χ1) is 8.65. The Labute approximate surface area is 118 Å². The van der Waals surface area contributed by atoms with Crippen LogP contribution in [0.2, 0.25) is 0 Å². The van der Waals surface area contributed by atoms with Gasteiger partial charge in [0.05, 0.1) is 6.10 Å². The second-order valence-electron chi connectivity index (χ2n) is 4.81. The highest BCUT2D eigenvalue weighted by Crippen LogP contribution is 2.30. The third kappa shape index (κ3) is 2.87. The number of halogens is 1. The number of rotatable bonds is 4. The molecule has 100 valence electrons. The topological polar surface area (TPSA) is 24.5 Å². The van der Waals surface area contributed by atoms with Gasteiger partial charge in [0, 0.05) is 36.4 Å². The van der Waals surface area contributed by atoms with Crippen LogP contribution in [0.1, 0.15) is 24.9 Å². The predicted octanol–water partition coefficient (Wildman–Crippen LogP) is 2.95. The molecule has 1 aliphatic rings. The van der Waals surface area contributed by atoms with Gasteiger partial charge in [-0.25, -0.2) is 0 Å². The molecular weight excluding hydrogens is 292 g/mol. The van der Waals surface area contributed by atoms with Gasteiger partial charge in [-0.1, -0.05) is 22.0 Å². The Morgan fingerprint density at radius 1 is 1.50 bits per heavy atom. The zero-order valence-corrected chi connectivity index (χ0v) is 12.8. The van der Waals surface area contributed by atoms with Gasteiger partial charge in [-0.05, 0) is 38.1 Å². The number of nitrogens with zero attached hydrogens (tertiary/aromatic N) is 1. The van der Waals surface area contributed by atoms with E-state index in [4.69, 9.17) is 4.74 Å². The molecule has 0 aromatic heterocycles. The second-order valence-corrected chi connectivity index (χ2v) is 5.66. The molecule has 1 aliphatic heterocycles. The summed E-state index contributed by atoms with van der Waals surface area (Å²) in [6, 6.07) is 6.96. The summed E-state index contributed by atoms with van der Waals surface area (Å²) >= 11 is 3.67. The van der Waals surface area contributed by atoms with Gasteiger partial charge in [0.2, 0.25) is 0 Å². The molecule has 1 fully saturated rings. The van der Waals surface area contributed by atoms with Crippen molar-refractivity contribution in [2.24, 2.45) is 0 Å². The number of hydrogen-bond donors (Lipinski definition) is 1. The van der Waals surface area contributed by atoms with E-state index in [0.29, 0.717) is 12.1 Å². The van der Waals surface area contributed by atoms with Crippen LogP contribution in [0.15, 0.2) is 22.7 Å². The van der Waals surface area contributed by atoms with E-state index in [1.807, 2.05) is 7.05 Å². The molecule has 18 heavy (non-hydrogen) atoms. The molecule has 0 amide bonds. The van der Waals surface area contributed by atoms with Crippen LogP contribution in [-0.4, -0.2) is 33.4 Å². The van der Waals surface area contributed by atoms with Gasteiger partial charge in [-0.15, -0.1) is 0 Å². The molecule has 0 bridgehead atoms. The van der Waals surface area contributed by atoms with Crippen LogP contribution in [-0.2, 0) is 4.74 Å². The van der Waals surface area contributed by atoms with Crippen molar-refractivity contribution in [3.05, 3.63) is 28.2 Å². The van der Waals surface area contributed by atoms with Crippen molar-refractivity contribution in [3.63, 3.8) is 0 Å². The zero-order chi connectivity index (χ0) is 13.1. The van der Waals surface area contributed by atoms with E-state index in [0.717, 1.165) is 19.5 Å². The fourth-order valence-electron chi connectivity index (χ4n) is 2.37. The molecule has 1 N–H and O–H groups in total. The first-order valence-electron chi connectivity index (χ1n) is 6.40. The van der Waals surface area contributed by atoms with Crippen LogP contribution in [0, 0.1) is 0 Å².